The van der Waals surface area contributed by atoms with Crippen LogP contribution < -0.4 is 4.98 Å². The maximum Gasteiger partial charge on any atom is 0.145 e. The summed E-state index contributed by atoms with van der Waals surface area (Å²) in [5.41, 5.74) is 0. The van der Waals surface area contributed by atoms with Gasteiger partial charge in [0.15, 0.2) is 0 Å². The molecule has 1 radical (unpaired) electrons. The topological polar surface area (TPSA) is 14.1 Å². The Bertz CT molecular complexity index is 131. The molecule has 1 heterocycles. The fourth-order valence-electron chi connectivity index (χ4n) is 2.51. The number of unbranched alkanes of at least 4 members (excludes halogenated alkanes) is 2. The van der Waals surface area contributed by atoms with Crippen molar-refractivity contribution in [2.45, 2.75) is 70.5 Å². The molecule has 1 rings (SSSR count). The molecule has 0 aliphatic carbocycles. The molecule has 14 heavy (non-hydrogen) atoms. The van der Waals surface area contributed by atoms with E-state index in [2.05, 4.69) is 13.8 Å². The lowest BCUT2D eigenvalue weighted by Crippen LogP contribution is -2.48. The standard InChI is InChI=1S/C12H26NSi/c1-3-5-10-14(11-6-4-2)12-8-7-9-13-14/h3-12H2,1-2H3. The highest BCUT2D eigenvalue weighted by Gasteiger charge is 2.34. The first kappa shape index (κ1) is 12.2. The van der Waals surface area contributed by atoms with Crippen molar-refractivity contribution in [2.75, 3.05) is 6.54 Å². The Kier molecular flexibility index (Phi) is 5.79. The lowest BCUT2D eigenvalue weighted by atomic mass is 10.3. The molecule has 0 saturated carbocycles. The van der Waals surface area contributed by atoms with Gasteiger partial charge in [0.1, 0.15) is 8.24 Å². The van der Waals surface area contributed by atoms with Crippen molar-refractivity contribution in [1.82, 2.24) is 4.98 Å². The van der Waals surface area contributed by atoms with Crippen molar-refractivity contribution in [3.63, 3.8) is 0 Å². The first-order chi connectivity index (χ1) is 6.83. The van der Waals surface area contributed by atoms with Crippen LogP contribution >= 0.6 is 0 Å². The summed E-state index contributed by atoms with van der Waals surface area (Å²) in [6.45, 7) is 5.81. The summed E-state index contributed by atoms with van der Waals surface area (Å²) in [6, 6.07) is 4.49. The molecular formula is C12H26NSi. The molecule has 0 spiro atoms. The summed E-state index contributed by atoms with van der Waals surface area (Å²) in [6.07, 6.45) is 8.42. The molecule has 1 saturated heterocycles. The molecule has 0 amide bonds. The van der Waals surface area contributed by atoms with E-state index in [9.17, 15) is 0 Å². The molecule has 0 aromatic heterocycles. The van der Waals surface area contributed by atoms with E-state index < -0.39 is 8.24 Å². The van der Waals surface area contributed by atoms with E-state index in [4.69, 9.17) is 4.98 Å². The maximum atomic E-state index is 5.07. The fraction of sp³-hybridized carbons (Fsp3) is 1.00. The van der Waals surface area contributed by atoms with Gasteiger partial charge in [-0.3, -0.25) is 4.98 Å². The SMILES string of the molecule is CCCC[Si]1(CCCC)CCCC[N]1. The third-order valence-corrected chi connectivity index (χ3v) is 8.24. The molecule has 0 aromatic carbocycles. The van der Waals surface area contributed by atoms with Crippen LogP contribution in [0.4, 0.5) is 0 Å². The van der Waals surface area contributed by atoms with Crippen LogP contribution in [0.3, 0.4) is 0 Å². The van der Waals surface area contributed by atoms with E-state index in [0.717, 1.165) is 0 Å². The van der Waals surface area contributed by atoms with Crippen molar-refractivity contribution < 1.29 is 0 Å². The second-order valence-electron chi connectivity index (χ2n) is 4.77. The van der Waals surface area contributed by atoms with Crippen molar-refractivity contribution in [3.05, 3.63) is 0 Å². The second kappa shape index (κ2) is 6.62. The van der Waals surface area contributed by atoms with Crippen molar-refractivity contribution in [3.8, 4) is 0 Å². The highest BCUT2D eigenvalue weighted by atomic mass is 28.3. The zero-order chi connectivity index (χ0) is 10.3. The van der Waals surface area contributed by atoms with E-state index >= 15 is 0 Å². The van der Waals surface area contributed by atoms with Gasteiger partial charge in [-0.1, -0.05) is 46.0 Å². The van der Waals surface area contributed by atoms with Crippen molar-refractivity contribution in [2.24, 2.45) is 0 Å². The molecule has 1 fully saturated rings. The summed E-state index contributed by atoms with van der Waals surface area (Å²) in [5, 5.41) is 0. The Balaban J connectivity index is 2.39. The molecule has 0 N–H and O–H groups in total. The molecule has 1 aliphatic rings. The Labute approximate surface area is 90.8 Å². The predicted molar refractivity (Wildman–Crippen MR) is 66.2 cm³/mol. The van der Waals surface area contributed by atoms with Crippen LogP contribution in [0.2, 0.25) is 18.1 Å². The van der Waals surface area contributed by atoms with E-state index in [-0.39, 0.29) is 0 Å². The lowest BCUT2D eigenvalue weighted by molar-refractivity contribution is 0.652. The van der Waals surface area contributed by atoms with Gasteiger partial charge in [0.2, 0.25) is 0 Å². The maximum absolute atomic E-state index is 5.07. The highest BCUT2D eigenvalue weighted by molar-refractivity contribution is 6.77. The van der Waals surface area contributed by atoms with Gasteiger partial charge in [0, 0.05) is 6.54 Å². The van der Waals surface area contributed by atoms with E-state index in [1.165, 1.54) is 63.2 Å². The molecule has 1 aliphatic heterocycles. The van der Waals surface area contributed by atoms with Gasteiger partial charge in [-0.15, -0.1) is 0 Å². The highest BCUT2D eigenvalue weighted by Crippen LogP contribution is 2.29. The van der Waals surface area contributed by atoms with Crippen LogP contribution in [0, 0.1) is 0 Å². The molecule has 2 heteroatoms. The molecule has 1 nitrogen and oxygen atoms in total. The van der Waals surface area contributed by atoms with E-state index in [1.807, 2.05) is 0 Å². The Morgan fingerprint density at radius 3 is 2.07 bits per heavy atom. The lowest BCUT2D eigenvalue weighted by Gasteiger charge is -2.34. The van der Waals surface area contributed by atoms with Crippen LogP contribution in [0.5, 0.6) is 0 Å². The predicted octanol–water partition coefficient (Wildman–Crippen LogP) is 3.93. The summed E-state index contributed by atoms with van der Waals surface area (Å²) in [4.78, 5) is 5.07. The van der Waals surface area contributed by atoms with Gasteiger partial charge < -0.3 is 0 Å². The van der Waals surface area contributed by atoms with Gasteiger partial charge in [-0.2, -0.15) is 0 Å². The minimum atomic E-state index is -1.10. The number of hydrogen-bond donors (Lipinski definition) is 0. The van der Waals surface area contributed by atoms with Gasteiger partial charge in [-0.25, -0.2) is 0 Å². The van der Waals surface area contributed by atoms with Crippen LogP contribution in [-0.2, 0) is 0 Å². The van der Waals surface area contributed by atoms with Gasteiger partial charge >= 0.3 is 0 Å². The molecule has 0 unspecified atom stereocenters. The van der Waals surface area contributed by atoms with E-state index in [1.54, 1.807) is 0 Å². The van der Waals surface area contributed by atoms with Crippen LogP contribution in [0.1, 0.15) is 52.4 Å². The van der Waals surface area contributed by atoms with Gasteiger partial charge in [0.25, 0.3) is 0 Å². The zero-order valence-corrected chi connectivity index (χ0v) is 11.0. The Morgan fingerprint density at radius 1 is 1.00 bits per heavy atom. The average molecular weight is 212 g/mol. The normalized spacial score (nSPS) is 21.0. The quantitative estimate of drug-likeness (QED) is 0.592. The minimum absolute atomic E-state index is 1.10. The summed E-state index contributed by atoms with van der Waals surface area (Å²) >= 11 is 0. The molecule has 0 atom stereocenters. The Morgan fingerprint density at radius 2 is 1.64 bits per heavy atom. The molecule has 83 valence electrons. The van der Waals surface area contributed by atoms with Crippen LogP contribution in [-0.4, -0.2) is 14.8 Å². The van der Waals surface area contributed by atoms with Crippen molar-refractivity contribution in [1.29, 1.82) is 0 Å². The summed E-state index contributed by atoms with van der Waals surface area (Å²) < 4.78 is 0. The largest absolute Gasteiger partial charge is 0.269 e. The first-order valence-electron chi connectivity index (χ1n) is 6.51. The minimum Gasteiger partial charge on any atom is -0.269 e. The summed E-state index contributed by atoms with van der Waals surface area (Å²) in [7, 11) is -1.10. The van der Waals surface area contributed by atoms with Crippen molar-refractivity contribution >= 4 is 8.24 Å². The van der Waals surface area contributed by atoms with Crippen LogP contribution in [0.25, 0.3) is 0 Å². The Hall–Kier alpha value is 0.177. The summed E-state index contributed by atoms with van der Waals surface area (Å²) in [5.74, 6) is 0. The third kappa shape index (κ3) is 3.74. The van der Waals surface area contributed by atoms with E-state index in [0.29, 0.717) is 0 Å². The number of rotatable bonds is 6. The smallest absolute Gasteiger partial charge is 0.145 e. The molecule has 0 aromatic rings. The average Bonchev–Trinajstić information content (AvgIpc) is 2.25. The van der Waals surface area contributed by atoms with Gasteiger partial charge in [-0.05, 0) is 24.6 Å². The molecular weight excluding hydrogens is 186 g/mol. The molecule has 0 bridgehead atoms. The number of nitrogens with zero attached hydrogens (tertiary/aromatic N) is 1. The fourth-order valence-corrected chi connectivity index (χ4v) is 7.29. The van der Waals surface area contributed by atoms with Crippen LogP contribution in [0.15, 0.2) is 0 Å². The number of hydrogen-bond acceptors (Lipinski definition) is 0. The van der Waals surface area contributed by atoms with Gasteiger partial charge in [0.05, 0.1) is 0 Å². The first-order valence-corrected chi connectivity index (χ1v) is 9.08. The third-order valence-electron chi connectivity index (χ3n) is 3.49. The monoisotopic (exact) mass is 212 g/mol. The second-order valence-corrected chi connectivity index (χ2v) is 9.04. The zero-order valence-electron chi connectivity index (χ0n) is 10.0.